The molecule has 2 rings (SSSR count). The summed E-state index contributed by atoms with van der Waals surface area (Å²) in [6.45, 7) is -0.861. The number of rotatable bonds is 3. The van der Waals surface area contributed by atoms with Gasteiger partial charge in [0.1, 0.15) is 22.9 Å². The molecule has 1 aliphatic heterocycles. The molecule has 0 bridgehead atoms. The minimum Gasteiger partial charge on any atom is -0.394 e. The van der Waals surface area contributed by atoms with Crippen LogP contribution in [-0.2, 0) is 10.4 Å². The average Bonchev–Trinajstić information content (AvgIpc) is 2.96. The molecule has 0 spiro atoms. The molecular weight excluding hydrogens is 263 g/mol. The second-order valence-electron chi connectivity index (χ2n) is 3.96. The number of hydrogen-bond acceptors (Lipinski definition) is 6. The standard InChI is InChI=1S/C10H13FN2O4S/c1-12-8(16)5-3-18-9(13-5)10(11)4-17-6(2-14)7(10)15/h3,6-7,14-15H,2,4H2,1H3,(H,12,16)/t6-,7+,10+/m0/s1. The number of ether oxygens (including phenoxy) is 1. The van der Waals surface area contributed by atoms with Crippen LogP contribution in [0, 0.1) is 0 Å². The van der Waals surface area contributed by atoms with Gasteiger partial charge in [-0.25, -0.2) is 9.37 Å². The van der Waals surface area contributed by atoms with Crippen LogP contribution in [0.15, 0.2) is 5.38 Å². The maximum absolute atomic E-state index is 14.6. The number of nitrogens with one attached hydrogen (secondary N) is 1. The average molecular weight is 276 g/mol. The van der Waals surface area contributed by atoms with Gasteiger partial charge in [-0.3, -0.25) is 4.79 Å². The van der Waals surface area contributed by atoms with E-state index < -0.39 is 30.4 Å². The highest BCUT2D eigenvalue weighted by Gasteiger charge is 2.53. The van der Waals surface area contributed by atoms with Crippen molar-refractivity contribution in [2.24, 2.45) is 0 Å². The molecule has 0 radical (unpaired) electrons. The van der Waals surface area contributed by atoms with E-state index in [1.807, 2.05) is 0 Å². The summed E-state index contributed by atoms with van der Waals surface area (Å²) in [5.41, 5.74) is -2.08. The lowest BCUT2D eigenvalue weighted by Gasteiger charge is -2.20. The van der Waals surface area contributed by atoms with Crippen LogP contribution in [0.4, 0.5) is 4.39 Å². The molecule has 0 unspecified atom stereocenters. The van der Waals surface area contributed by atoms with E-state index in [0.717, 1.165) is 11.3 Å². The van der Waals surface area contributed by atoms with Crippen LogP contribution < -0.4 is 5.32 Å². The molecule has 1 fully saturated rings. The highest BCUT2D eigenvalue weighted by molar-refractivity contribution is 7.10. The van der Waals surface area contributed by atoms with Gasteiger partial charge in [-0.05, 0) is 0 Å². The Morgan fingerprint density at radius 2 is 2.56 bits per heavy atom. The Bertz CT molecular complexity index is 455. The van der Waals surface area contributed by atoms with Crippen molar-refractivity contribution in [3.05, 3.63) is 16.1 Å². The first kappa shape index (κ1) is 13.3. The Labute approximate surface area is 106 Å². The number of nitrogens with zero attached hydrogens (tertiary/aromatic N) is 1. The zero-order valence-electron chi connectivity index (χ0n) is 9.59. The predicted molar refractivity (Wildman–Crippen MR) is 61.1 cm³/mol. The first-order chi connectivity index (χ1) is 8.52. The number of alkyl halides is 1. The summed E-state index contributed by atoms with van der Waals surface area (Å²) >= 11 is 0.937. The molecule has 18 heavy (non-hydrogen) atoms. The van der Waals surface area contributed by atoms with Crippen molar-refractivity contribution >= 4 is 17.2 Å². The van der Waals surface area contributed by atoms with E-state index in [9.17, 15) is 14.3 Å². The van der Waals surface area contributed by atoms with Gasteiger partial charge in [-0.15, -0.1) is 11.3 Å². The second kappa shape index (κ2) is 4.88. The molecule has 3 atom stereocenters. The minimum absolute atomic E-state index is 0.0236. The smallest absolute Gasteiger partial charge is 0.270 e. The van der Waals surface area contributed by atoms with Gasteiger partial charge in [0, 0.05) is 12.4 Å². The summed E-state index contributed by atoms with van der Waals surface area (Å²) in [7, 11) is 1.45. The van der Waals surface area contributed by atoms with Gasteiger partial charge in [0.2, 0.25) is 5.67 Å². The molecule has 0 saturated carbocycles. The predicted octanol–water partition coefficient (Wildman–Crippen LogP) is -0.581. The summed E-state index contributed by atoms with van der Waals surface area (Å²) in [4.78, 5) is 15.2. The van der Waals surface area contributed by atoms with Gasteiger partial charge in [-0.2, -0.15) is 0 Å². The van der Waals surface area contributed by atoms with Crippen molar-refractivity contribution in [2.45, 2.75) is 17.9 Å². The zero-order chi connectivity index (χ0) is 13.3. The normalized spacial score (nSPS) is 31.6. The maximum atomic E-state index is 14.6. The highest BCUT2D eigenvalue weighted by Crippen LogP contribution is 2.39. The number of amides is 1. The van der Waals surface area contributed by atoms with Gasteiger partial charge < -0.3 is 20.3 Å². The SMILES string of the molecule is CNC(=O)c1csc([C@@]2(F)CO[C@@H](CO)[C@H]2O)n1. The summed E-state index contributed by atoms with van der Waals surface area (Å²) in [6.07, 6.45) is -2.46. The molecule has 1 aromatic rings. The monoisotopic (exact) mass is 276 g/mol. The van der Waals surface area contributed by atoms with Crippen LogP contribution in [0.1, 0.15) is 15.5 Å². The first-order valence-corrected chi connectivity index (χ1v) is 6.18. The van der Waals surface area contributed by atoms with E-state index in [1.54, 1.807) is 0 Å². The van der Waals surface area contributed by atoms with Crippen LogP contribution in [0.2, 0.25) is 0 Å². The topological polar surface area (TPSA) is 91.7 Å². The van der Waals surface area contributed by atoms with E-state index in [1.165, 1.54) is 12.4 Å². The molecular formula is C10H13FN2O4S. The molecule has 1 saturated heterocycles. The third-order valence-corrected chi connectivity index (χ3v) is 3.82. The van der Waals surface area contributed by atoms with Crippen LogP contribution in [0.5, 0.6) is 0 Å². The summed E-state index contributed by atoms with van der Waals surface area (Å²) in [6, 6.07) is 0. The molecule has 2 heterocycles. The Hall–Kier alpha value is -1.09. The molecule has 0 aromatic carbocycles. The van der Waals surface area contributed by atoms with Gasteiger partial charge in [0.05, 0.1) is 13.2 Å². The van der Waals surface area contributed by atoms with Gasteiger partial charge in [0.25, 0.3) is 5.91 Å². The van der Waals surface area contributed by atoms with Crippen LogP contribution in [-0.4, -0.2) is 53.6 Å². The molecule has 8 heteroatoms. The molecule has 6 nitrogen and oxygen atoms in total. The lowest BCUT2D eigenvalue weighted by atomic mass is 9.99. The maximum Gasteiger partial charge on any atom is 0.270 e. The van der Waals surface area contributed by atoms with Crippen molar-refractivity contribution < 1.29 is 24.1 Å². The Kier molecular flexibility index (Phi) is 3.62. The molecule has 1 aliphatic rings. The largest absolute Gasteiger partial charge is 0.394 e. The number of thiazole rings is 1. The molecule has 1 aromatic heterocycles. The number of aromatic nitrogens is 1. The number of carbonyl (C=O) groups is 1. The van der Waals surface area contributed by atoms with Crippen molar-refractivity contribution in [1.29, 1.82) is 0 Å². The van der Waals surface area contributed by atoms with Crippen molar-refractivity contribution in [3.8, 4) is 0 Å². The van der Waals surface area contributed by atoms with E-state index in [4.69, 9.17) is 9.84 Å². The Morgan fingerprint density at radius 3 is 3.11 bits per heavy atom. The molecule has 100 valence electrons. The summed E-state index contributed by atoms with van der Waals surface area (Å²) < 4.78 is 19.6. The first-order valence-electron chi connectivity index (χ1n) is 5.30. The number of aliphatic hydroxyl groups excluding tert-OH is 2. The molecule has 3 N–H and O–H groups in total. The second-order valence-corrected chi connectivity index (χ2v) is 4.81. The third kappa shape index (κ3) is 2.01. The fourth-order valence-electron chi connectivity index (χ4n) is 1.74. The number of hydrogen-bond donors (Lipinski definition) is 3. The Morgan fingerprint density at radius 1 is 1.83 bits per heavy atom. The van der Waals surface area contributed by atoms with E-state index in [2.05, 4.69) is 10.3 Å². The van der Waals surface area contributed by atoms with Gasteiger partial charge >= 0.3 is 0 Å². The van der Waals surface area contributed by atoms with Crippen LogP contribution >= 0.6 is 11.3 Å². The van der Waals surface area contributed by atoms with Gasteiger partial charge in [0.15, 0.2) is 0 Å². The van der Waals surface area contributed by atoms with E-state index in [-0.39, 0.29) is 17.3 Å². The summed E-state index contributed by atoms with van der Waals surface area (Å²) in [5.74, 6) is -0.423. The van der Waals surface area contributed by atoms with Crippen molar-refractivity contribution in [2.75, 3.05) is 20.3 Å². The Balaban J connectivity index is 2.26. The molecule has 0 aliphatic carbocycles. The lowest BCUT2D eigenvalue weighted by Crippen LogP contribution is -2.38. The van der Waals surface area contributed by atoms with E-state index in [0.29, 0.717) is 0 Å². The van der Waals surface area contributed by atoms with Crippen LogP contribution in [0.25, 0.3) is 0 Å². The molecule has 1 amide bonds. The number of aliphatic hydroxyl groups is 2. The third-order valence-electron chi connectivity index (χ3n) is 2.83. The fraction of sp³-hybridized carbons (Fsp3) is 0.600. The van der Waals surface area contributed by atoms with Crippen molar-refractivity contribution in [3.63, 3.8) is 0 Å². The number of carbonyl (C=O) groups excluding carboxylic acids is 1. The van der Waals surface area contributed by atoms with E-state index >= 15 is 0 Å². The van der Waals surface area contributed by atoms with Crippen LogP contribution in [0.3, 0.4) is 0 Å². The van der Waals surface area contributed by atoms with Gasteiger partial charge in [-0.1, -0.05) is 0 Å². The van der Waals surface area contributed by atoms with Crippen molar-refractivity contribution in [1.82, 2.24) is 10.3 Å². The minimum atomic E-state index is -2.18. The fourth-order valence-corrected chi connectivity index (χ4v) is 2.65. The summed E-state index contributed by atoms with van der Waals surface area (Å²) in [5, 5.41) is 22.5. The number of halogens is 1. The lowest BCUT2D eigenvalue weighted by molar-refractivity contribution is -0.0153. The zero-order valence-corrected chi connectivity index (χ0v) is 10.4. The highest BCUT2D eigenvalue weighted by atomic mass is 32.1. The quantitative estimate of drug-likeness (QED) is 0.687.